The number of imidazole rings is 1. The number of carbonyl (C=O) groups is 1. The summed E-state index contributed by atoms with van der Waals surface area (Å²) in [4.78, 5) is 17.9. The van der Waals surface area contributed by atoms with Crippen LogP contribution in [0.2, 0.25) is 10.0 Å². The average Bonchev–Trinajstić information content (AvgIpc) is 3.15. The summed E-state index contributed by atoms with van der Waals surface area (Å²) >= 11 is 12.2. The molecule has 2 N–H and O–H groups in total. The lowest BCUT2D eigenvalue weighted by molar-refractivity contribution is 0.0759. The summed E-state index contributed by atoms with van der Waals surface area (Å²) in [6.07, 6.45) is 0.646. The maximum Gasteiger partial charge on any atom is 0.286 e. The highest BCUT2D eigenvalue weighted by atomic mass is 35.5. The lowest BCUT2D eigenvalue weighted by atomic mass is 10.2. The third-order valence-corrected chi connectivity index (χ3v) is 5.59. The van der Waals surface area contributed by atoms with E-state index < -0.39 is 0 Å². The van der Waals surface area contributed by atoms with E-state index in [0.717, 1.165) is 43.1 Å². The van der Waals surface area contributed by atoms with Gasteiger partial charge in [0.25, 0.3) is 5.91 Å². The van der Waals surface area contributed by atoms with Crippen molar-refractivity contribution in [2.24, 2.45) is 0 Å². The molecule has 1 aliphatic rings. The van der Waals surface area contributed by atoms with Gasteiger partial charge < -0.3 is 5.32 Å². The SMILES string of the molecule is CCc1c(C(=O)NN2CCNCC2)nc(-c2ccc(Cl)cc2)n1-c1ccc(Cl)cc1. The van der Waals surface area contributed by atoms with Crippen LogP contribution < -0.4 is 10.7 Å². The Morgan fingerprint density at radius 3 is 2.23 bits per heavy atom. The van der Waals surface area contributed by atoms with Crippen molar-refractivity contribution in [1.82, 2.24) is 25.3 Å². The van der Waals surface area contributed by atoms with Crippen LogP contribution in [0.3, 0.4) is 0 Å². The van der Waals surface area contributed by atoms with Gasteiger partial charge in [0, 0.05) is 47.5 Å². The molecule has 4 rings (SSSR count). The number of rotatable bonds is 5. The van der Waals surface area contributed by atoms with Gasteiger partial charge in [-0.2, -0.15) is 0 Å². The molecule has 6 nitrogen and oxygen atoms in total. The van der Waals surface area contributed by atoms with E-state index in [2.05, 4.69) is 10.7 Å². The van der Waals surface area contributed by atoms with Crippen LogP contribution in [0, 0.1) is 0 Å². The van der Waals surface area contributed by atoms with E-state index >= 15 is 0 Å². The number of benzene rings is 2. The number of hydrogen-bond donors (Lipinski definition) is 2. The fraction of sp³-hybridized carbons (Fsp3) is 0.273. The first-order valence-electron chi connectivity index (χ1n) is 9.97. The number of carbonyl (C=O) groups excluding carboxylic acids is 1. The van der Waals surface area contributed by atoms with Crippen LogP contribution in [0.1, 0.15) is 23.1 Å². The molecule has 1 fully saturated rings. The molecule has 0 aliphatic carbocycles. The van der Waals surface area contributed by atoms with Crippen LogP contribution in [0.5, 0.6) is 0 Å². The zero-order valence-corrected chi connectivity index (χ0v) is 18.2. The molecule has 0 unspecified atom stereocenters. The molecular weight excluding hydrogens is 421 g/mol. The minimum absolute atomic E-state index is 0.198. The molecule has 30 heavy (non-hydrogen) atoms. The Hall–Kier alpha value is -2.38. The summed E-state index contributed by atoms with van der Waals surface area (Å²) in [5.41, 5.74) is 6.06. The molecule has 0 spiro atoms. The number of hydrazine groups is 1. The smallest absolute Gasteiger partial charge is 0.286 e. The second kappa shape index (κ2) is 9.18. The largest absolute Gasteiger partial charge is 0.314 e. The van der Waals surface area contributed by atoms with Gasteiger partial charge in [-0.05, 0) is 55.0 Å². The Morgan fingerprint density at radius 2 is 1.63 bits per heavy atom. The highest BCUT2D eigenvalue weighted by molar-refractivity contribution is 6.30. The average molecular weight is 444 g/mol. The molecule has 1 aromatic heterocycles. The zero-order valence-electron chi connectivity index (χ0n) is 16.7. The predicted molar refractivity (Wildman–Crippen MR) is 120 cm³/mol. The molecule has 0 radical (unpaired) electrons. The summed E-state index contributed by atoms with van der Waals surface area (Å²) in [5, 5.41) is 6.52. The van der Waals surface area contributed by atoms with Crippen LogP contribution in [0.4, 0.5) is 0 Å². The summed E-state index contributed by atoms with van der Waals surface area (Å²) in [6.45, 7) is 5.23. The number of nitrogens with one attached hydrogen (secondary N) is 2. The van der Waals surface area contributed by atoms with E-state index in [4.69, 9.17) is 28.2 Å². The Balaban J connectivity index is 1.80. The highest BCUT2D eigenvalue weighted by Gasteiger charge is 2.25. The third-order valence-electron chi connectivity index (χ3n) is 5.09. The zero-order chi connectivity index (χ0) is 21.1. The Labute approximate surface area is 185 Å². The van der Waals surface area contributed by atoms with Crippen LogP contribution in [0.15, 0.2) is 48.5 Å². The third kappa shape index (κ3) is 4.37. The molecule has 1 aliphatic heterocycles. The van der Waals surface area contributed by atoms with Crippen molar-refractivity contribution in [3.8, 4) is 17.1 Å². The number of aromatic nitrogens is 2. The normalized spacial score (nSPS) is 14.6. The standard InChI is InChI=1S/C22H23Cl2N5O/c1-2-19-20(22(30)27-28-13-11-25-12-14-28)26-21(15-3-5-16(23)6-4-15)29(19)18-9-7-17(24)8-10-18/h3-10,25H,2,11-14H2,1H3,(H,27,30). The quantitative estimate of drug-likeness (QED) is 0.626. The predicted octanol–water partition coefficient (Wildman–Crippen LogP) is 3.96. The molecule has 2 aromatic carbocycles. The Kier molecular flexibility index (Phi) is 6.39. The van der Waals surface area contributed by atoms with Crippen molar-refractivity contribution < 1.29 is 4.79 Å². The maximum atomic E-state index is 13.1. The monoisotopic (exact) mass is 443 g/mol. The summed E-state index contributed by atoms with van der Waals surface area (Å²) < 4.78 is 2.02. The number of hydrogen-bond acceptors (Lipinski definition) is 4. The summed E-state index contributed by atoms with van der Waals surface area (Å²) in [5.74, 6) is 0.493. The van der Waals surface area contributed by atoms with Gasteiger partial charge in [0.05, 0.1) is 5.69 Å². The number of piperazine rings is 1. The number of nitrogens with zero attached hydrogens (tertiary/aromatic N) is 3. The van der Waals surface area contributed by atoms with Gasteiger partial charge in [-0.1, -0.05) is 30.1 Å². The van der Waals surface area contributed by atoms with E-state index in [0.29, 0.717) is 28.0 Å². The lowest BCUT2D eigenvalue weighted by Crippen LogP contribution is -2.52. The van der Waals surface area contributed by atoms with Gasteiger partial charge in [0.2, 0.25) is 0 Å². The first-order valence-corrected chi connectivity index (χ1v) is 10.7. The highest BCUT2D eigenvalue weighted by Crippen LogP contribution is 2.29. The van der Waals surface area contributed by atoms with Crippen LogP contribution >= 0.6 is 23.2 Å². The Bertz CT molecular complexity index is 1020. The van der Waals surface area contributed by atoms with E-state index in [1.165, 1.54) is 0 Å². The molecule has 156 valence electrons. The van der Waals surface area contributed by atoms with Gasteiger partial charge >= 0.3 is 0 Å². The van der Waals surface area contributed by atoms with E-state index in [9.17, 15) is 4.79 Å². The molecule has 2 heterocycles. The van der Waals surface area contributed by atoms with E-state index in [1.807, 2.05) is 65.0 Å². The fourth-order valence-electron chi connectivity index (χ4n) is 3.60. The number of halogens is 2. The van der Waals surface area contributed by atoms with Crippen LogP contribution in [-0.2, 0) is 6.42 Å². The second-order valence-corrected chi connectivity index (χ2v) is 7.95. The molecule has 0 saturated carbocycles. The van der Waals surface area contributed by atoms with Crippen molar-refractivity contribution in [2.75, 3.05) is 26.2 Å². The summed E-state index contributed by atoms with van der Waals surface area (Å²) in [7, 11) is 0. The maximum absolute atomic E-state index is 13.1. The topological polar surface area (TPSA) is 62.2 Å². The number of amides is 1. The minimum atomic E-state index is -0.198. The van der Waals surface area contributed by atoms with Gasteiger partial charge in [-0.25, -0.2) is 9.99 Å². The molecular formula is C22H23Cl2N5O. The molecule has 1 saturated heterocycles. The van der Waals surface area contributed by atoms with Crippen LogP contribution in [-0.4, -0.2) is 46.6 Å². The first-order chi connectivity index (χ1) is 14.6. The minimum Gasteiger partial charge on any atom is -0.314 e. The fourth-order valence-corrected chi connectivity index (χ4v) is 3.85. The first kappa shape index (κ1) is 20.9. The van der Waals surface area contributed by atoms with Gasteiger partial charge in [-0.15, -0.1) is 0 Å². The van der Waals surface area contributed by atoms with Crippen molar-refractivity contribution in [2.45, 2.75) is 13.3 Å². The lowest BCUT2D eigenvalue weighted by Gasteiger charge is -2.27. The van der Waals surface area contributed by atoms with Crippen molar-refractivity contribution >= 4 is 29.1 Å². The Morgan fingerprint density at radius 1 is 1.03 bits per heavy atom. The van der Waals surface area contributed by atoms with E-state index in [1.54, 1.807) is 0 Å². The van der Waals surface area contributed by atoms with Crippen molar-refractivity contribution in [3.05, 3.63) is 70.0 Å². The van der Waals surface area contributed by atoms with Gasteiger partial charge in [0.1, 0.15) is 5.82 Å². The van der Waals surface area contributed by atoms with Crippen LogP contribution in [0.25, 0.3) is 17.1 Å². The van der Waals surface area contributed by atoms with Crippen molar-refractivity contribution in [1.29, 1.82) is 0 Å². The molecule has 1 amide bonds. The molecule has 8 heteroatoms. The van der Waals surface area contributed by atoms with Crippen molar-refractivity contribution in [3.63, 3.8) is 0 Å². The van der Waals surface area contributed by atoms with Gasteiger partial charge in [-0.3, -0.25) is 14.8 Å². The van der Waals surface area contributed by atoms with Gasteiger partial charge in [0.15, 0.2) is 5.69 Å². The second-order valence-electron chi connectivity index (χ2n) is 7.08. The van der Waals surface area contributed by atoms with E-state index in [-0.39, 0.29) is 5.91 Å². The molecule has 3 aromatic rings. The molecule has 0 bridgehead atoms. The summed E-state index contributed by atoms with van der Waals surface area (Å²) in [6, 6.07) is 15.0. The molecule has 0 atom stereocenters.